The van der Waals surface area contributed by atoms with Crippen LogP contribution < -0.4 is 15.4 Å². The molecule has 0 aromatic heterocycles. The highest BCUT2D eigenvalue weighted by atomic mass is 16.5. The minimum Gasteiger partial charge on any atom is -0.497 e. The largest absolute Gasteiger partial charge is 0.497 e. The van der Waals surface area contributed by atoms with Gasteiger partial charge in [0.25, 0.3) is 0 Å². The van der Waals surface area contributed by atoms with Gasteiger partial charge in [-0.05, 0) is 43.9 Å². The fraction of sp³-hybridized carbons (Fsp3) is 0.471. The summed E-state index contributed by atoms with van der Waals surface area (Å²) in [6, 6.07) is 8.66. The zero-order valence-corrected chi connectivity index (χ0v) is 12.9. The maximum absolute atomic E-state index is 5.16. The Kier molecular flexibility index (Phi) is 6.13. The van der Waals surface area contributed by atoms with E-state index < -0.39 is 0 Å². The first kappa shape index (κ1) is 15.4. The van der Waals surface area contributed by atoms with Crippen molar-refractivity contribution in [3.8, 4) is 5.75 Å². The van der Waals surface area contributed by atoms with Gasteiger partial charge in [-0.1, -0.05) is 24.3 Å². The fourth-order valence-electron chi connectivity index (χ4n) is 2.34. The van der Waals surface area contributed by atoms with Gasteiger partial charge in [-0.25, -0.2) is 0 Å². The molecular weight excluding hydrogens is 262 g/mol. The molecule has 21 heavy (non-hydrogen) atoms. The SMILES string of the molecule is CCNC(=NCCc1ccc(OC)cc1)NC1CC=CC1. The molecule has 0 heterocycles. The summed E-state index contributed by atoms with van der Waals surface area (Å²) >= 11 is 0. The maximum atomic E-state index is 5.16. The van der Waals surface area contributed by atoms with Crippen LogP contribution in [0.3, 0.4) is 0 Å². The third-order valence-corrected chi connectivity index (χ3v) is 3.52. The summed E-state index contributed by atoms with van der Waals surface area (Å²) in [5.41, 5.74) is 1.28. The molecule has 0 unspecified atom stereocenters. The average Bonchev–Trinajstić information content (AvgIpc) is 3.01. The summed E-state index contributed by atoms with van der Waals surface area (Å²) in [5, 5.41) is 6.78. The van der Waals surface area contributed by atoms with Crippen molar-refractivity contribution in [1.29, 1.82) is 0 Å². The Morgan fingerprint density at radius 3 is 2.57 bits per heavy atom. The lowest BCUT2D eigenvalue weighted by Crippen LogP contribution is -2.42. The maximum Gasteiger partial charge on any atom is 0.191 e. The molecule has 0 aliphatic heterocycles. The Bertz CT molecular complexity index is 471. The highest BCUT2D eigenvalue weighted by Crippen LogP contribution is 2.12. The van der Waals surface area contributed by atoms with Gasteiger partial charge in [0.1, 0.15) is 5.75 Å². The Balaban J connectivity index is 1.83. The number of aliphatic imine (C=N–C) groups is 1. The molecule has 1 aliphatic carbocycles. The van der Waals surface area contributed by atoms with E-state index in [2.05, 4.69) is 46.8 Å². The molecule has 0 fully saturated rings. The van der Waals surface area contributed by atoms with E-state index in [9.17, 15) is 0 Å². The molecule has 1 aromatic rings. The van der Waals surface area contributed by atoms with Crippen molar-refractivity contribution in [2.45, 2.75) is 32.2 Å². The predicted molar refractivity (Wildman–Crippen MR) is 88.0 cm³/mol. The monoisotopic (exact) mass is 287 g/mol. The molecule has 0 radical (unpaired) electrons. The number of hydrogen-bond donors (Lipinski definition) is 2. The summed E-state index contributed by atoms with van der Waals surface area (Å²) in [4.78, 5) is 4.65. The van der Waals surface area contributed by atoms with Gasteiger partial charge in [-0.3, -0.25) is 4.99 Å². The van der Waals surface area contributed by atoms with Gasteiger partial charge < -0.3 is 15.4 Å². The van der Waals surface area contributed by atoms with Crippen molar-refractivity contribution >= 4 is 5.96 Å². The van der Waals surface area contributed by atoms with Crippen LogP contribution in [0.15, 0.2) is 41.4 Å². The number of rotatable bonds is 6. The molecule has 2 rings (SSSR count). The molecule has 114 valence electrons. The number of nitrogens with one attached hydrogen (secondary N) is 2. The van der Waals surface area contributed by atoms with Gasteiger partial charge in [0.2, 0.25) is 0 Å². The highest BCUT2D eigenvalue weighted by Gasteiger charge is 2.11. The van der Waals surface area contributed by atoms with Crippen molar-refractivity contribution < 1.29 is 4.74 Å². The van der Waals surface area contributed by atoms with Gasteiger partial charge in [0, 0.05) is 19.1 Å². The quantitative estimate of drug-likeness (QED) is 0.480. The van der Waals surface area contributed by atoms with E-state index >= 15 is 0 Å². The third kappa shape index (κ3) is 5.14. The lowest BCUT2D eigenvalue weighted by molar-refractivity contribution is 0.414. The summed E-state index contributed by atoms with van der Waals surface area (Å²) in [6.45, 7) is 3.75. The third-order valence-electron chi connectivity index (χ3n) is 3.52. The Morgan fingerprint density at radius 1 is 1.24 bits per heavy atom. The van der Waals surface area contributed by atoms with Gasteiger partial charge >= 0.3 is 0 Å². The van der Waals surface area contributed by atoms with Crippen molar-refractivity contribution in [1.82, 2.24) is 10.6 Å². The van der Waals surface area contributed by atoms with Crippen molar-refractivity contribution in [2.75, 3.05) is 20.2 Å². The minimum atomic E-state index is 0.490. The molecular formula is C17H25N3O. The number of hydrogen-bond acceptors (Lipinski definition) is 2. The number of nitrogens with zero attached hydrogens (tertiary/aromatic N) is 1. The number of guanidine groups is 1. The number of ether oxygens (including phenoxy) is 1. The Morgan fingerprint density at radius 2 is 1.95 bits per heavy atom. The van der Waals surface area contributed by atoms with Crippen LogP contribution in [0.4, 0.5) is 0 Å². The normalized spacial score (nSPS) is 15.2. The molecule has 2 N–H and O–H groups in total. The van der Waals surface area contributed by atoms with Crippen molar-refractivity contribution in [2.24, 2.45) is 4.99 Å². The fourth-order valence-corrected chi connectivity index (χ4v) is 2.34. The lowest BCUT2D eigenvalue weighted by atomic mass is 10.1. The molecule has 1 aromatic carbocycles. The predicted octanol–water partition coefficient (Wildman–Crippen LogP) is 2.51. The first-order valence-electron chi connectivity index (χ1n) is 7.64. The highest BCUT2D eigenvalue weighted by molar-refractivity contribution is 5.80. The van der Waals surface area contributed by atoms with E-state index in [1.54, 1.807) is 7.11 Å². The summed E-state index contributed by atoms with van der Waals surface area (Å²) in [6.07, 6.45) is 7.55. The topological polar surface area (TPSA) is 45.7 Å². The van der Waals surface area contributed by atoms with Crippen LogP contribution in [0.5, 0.6) is 5.75 Å². The van der Waals surface area contributed by atoms with Gasteiger partial charge in [-0.2, -0.15) is 0 Å². The standard InChI is InChI=1S/C17H25N3O/c1-3-18-17(20-15-6-4-5-7-15)19-13-12-14-8-10-16(21-2)11-9-14/h4-5,8-11,15H,3,6-7,12-13H2,1-2H3,(H2,18,19,20). The van der Waals surface area contributed by atoms with E-state index in [0.29, 0.717) is 6.04 Å². The summed E-state index contributed by atoms with van der Waals surface area (Å²) in [7, 11) is 1.69. The molecule has 0 saturated carbocycles. The number of benzene rings is 1. The number of methoxy groups -OCH3 is 1. The van der Waals surface area contributed by atoms with Crippen LogP contribution in [0, 0.1) is 0 Å². The second kappa shape index (κ2) is 8.35. The van der Waals surface area contributed by atoms with Crippen LogP contribution >= 0.6 is 0 Å². The van der Waals surface area contributed by atoms with E-state index in [1.807, 2.05) is 12.1 Å². The molecule has 0 bridgehead atoms. The average molecular weight is 287 g/mol. The van der Waals surface area contributed by atoms with Crippen LogP contribution in [-0.4, -0.2) is 32.2 Å². The molecule has 0 saturated heterocycles. The second-order valence-corrected chi connectivity index (χ2v) is 5.14. The van der Waals surface area contributed by atoms with E-state index in [4.69, 9.17) is 4.74 Å². The van der Waals surface area contributed by atoms with E-state index in [1.165, 1.54) is 5.56 Å². The van der Waals surface area contributed by atoms with E-state index in [0.717, 1.165) is 44.1 Å². The molecule has 0 amide bonds. The van der Waals surface area contributed by atoms with Crippen LogP contribution in [0.2, 0.25) is 0 Å². The van der Waals surface area contributed by atoms with Gasteiger partial charge in [0.15, 0.2) is 5.96 Å². The first-order valence-corrected chi connectivity index (χ1v) is 7.64. The molecule has 0 spiro atoms. The molecule has 0 atom stereocenters. The van der Waals surface area contributed by atoms with Crippen LogP contribution in [0.25, 0.3) is 0 Å². The van der Waals surface area contributed by atoms with Crippen molar-refractivity contribution in [3.63, 3.8) is 0 Å². The van der Waals surface area contributed by atoms with Crippen molar-refractivity contribution in [3.05, 3.63) is 42.0 Å². The van der Waals surface area contributed by atoms with Gasteiger partial charge in [-0.15, -0.1) is 0 Å². The smallest absolute Gasteiger partial charge is 0.191 e. The van der Waals surface area contributed by atoms with Crippen LogP contribution in [-0.2, 0) is 6.42 Å². The zero-order chi connectivity index (χ0) is 14.9. The summed E-state index contributed by atoms with van der Waals surface area (Å²) in [5.74, 6) is 1.81. The van der Waals surface area contributed by atoms with Gasteiger partial charge in [0.05, 0.1) is 7.11 Å². The second-order valence-electron chi connectivity index (χ2n) is 5.14. The summed E-state index contributed by atoms with van der Waals surface area (Å²) < 4.78 is 5.16. The van der Waals surface area contributed by atoms with Crippen LogP contribution in [0.1, 0.15) is 25.3 Å². The Labute approximate surface area is 127 Å². The molecule has 1 aliphatic rings. The lowest BCUT2D eigenvalue weighted by Gasteiger charge is -2.16. The first-order chi connectivity index (χ1) is 10.3. The zero-order valence-electron chi connectivity index (χ0n) is 12.9. The molecule has 4 heteroatoms. The molecule has 4 nitrogen and oxygen atoms in total. The van der Waals surface area contributed by atoms with E-state index in [-0.39, 0.29) is 0 Å². The Hall–Kier alpha value is -1.97. The minimum absolute atomic E-state index is 0.490.